The van der Waals surface area contributed by atoms with E-state index in [1.807, 2.05) is 13.8 Å². The summed E-state index contributed by atoms with van der Waals surface area (Å²) in [4.78, 5) is 0. The molecule has 0 bridgehead atoms. The summed E-state index contributed by atoms with van der Waals surface area (Å²) >= 11 is 6.09. The SMILES string of the molecule is CCn1nc(C)c(Cl)c1CS(=O)CCN. The molecule has 0 fully saturated rings. The van der Waals surface area contributed by atoms with Crippen LogP contribution in [0.25, 0.3) is 0 Å². The standard InChI is InChI=1S/C9H16ClN3OS/c1-3-13-8(6-15(14)5-4-11)9(10)7(2)12-13/h3-6,11H2,1-2H3. The van der Waals surface area contributed by atoms with Crippen molar-refractivity contribution >= 4 is 22.4 Å². The first-order valence-electron chi connectivity index (χ1n) is 4.87. The van der Waals surface area contributed by atoms with Gasteiger partial charge in [0.05, 0.1) is 22.2 Å². The number of halogens is 1. The Bertz CT molecular complexity index is 364. The van der Waals surface area contributed by atoms with Crippen molar-refractivity contribution in [3.05, 3.63) is 16.4 Å². The van der Waals surface area contributed by atoms with Gasteiger partial charge in [-0.25, -0.2) is 0 Å². The third-order valence-corrected chi connectivity index (χ3v) is 3.87. The molecular formula is C9H16ClN3OS. The predicted molar refractivity (Wildman–Crippen MR) is 63.4 cm³/mol. The van der Waals surface area contributed by atoms with Crippen LogP contribution in [0.4, 0.5) is 0 Å². The number of aromatic nitrogens is 2. The number of aryl methyl sites for hydroxylation is 2. The van der Waals surface area contributed by atoms with Gasteiger partial charge in [0.2, 0.25) is 0 Å². The van der Waals surface area contributed by atoms with Crippen molar-refractivity contribution in [3.63, 3.8) is 0 Å². The van der Waals surface area contributed by atoms with Gasteiger partial charge >= 0.3 is 0 Å². The van der Waals surface area contributed by atoms with E-state index in [9.17, 15) is 4.21 Å². The molecule has 1 heterocycles. The highest BCUT2D eigenvalue weighted by Gasteiger charge is 2.14. The summed E-state index contributed by atoms with van der Waals surface area (Å²) in [5.74, 6) is 0.939. The third kappa shape index (κ3) is 3.03. The van der Waals surface area contributed by atoms with Gasteiger partial charge in [0, 0.05) is 29.6 Å². The Hall–Kier alpha value is -0.390. The first-order chi connectivity index (χ1) is 7.10. The molecule has 4 nitrogen and oxygen atoms in total. The van der Waals surface area contributed by atoms with Crippen molar-refractivity contribution in [3.8, 4) is 0 Å². The predicted octanol–water partition coefficient (Wildman–Crippen LogP) is 1.07. The Morgan fingerprint density at radius 1 is 1.60 bits per heavy atom. The molecule has 0 saturated carbocycles. The van der Waals surface area contributed by atoms with Crippen LogP contribution in [0.5, 0.6) is 0 Å². The molecular weight excluding hydrogens is 234 g/mol. The van der Waals surface area contributed by atoms with Crippen molar-refractivity contribution in [2.24, 2.45) is 5.73 Å². The minimum Gasteiger partial charge on any atom is -0.330 e. The maximum absolute atomic E-state index is 11.6. The molecule has 0 aliphatic carbocycles. The number of nitrogens with zero attached hydrogens (tertiary/aromatic N) is 2. The molecule has 1 unspecified atom stereocenters. The van der Waals surface area contributed by atoms with Crippen molar-refractivity contribution < 1.29 is 4.21 Å². The average Bonchev–Trinajstić information content (AvgIpc) is 2.46. The highest BCUT2D eigenvalue weighted by Crippen LogP contribution is 2.21. The Morgan fingerprint density at radius 2 is 2.27 bits per heavy atom. The zero-order valence-electron chi connectivity index (χ0n) is 8.99. The highest BCUT2D eigenvalue weighted by molar-refractivity contribution is 7.84. The second kappa shape index (κ2) is 5.63. The molecule has 0 aliphatic rings. The molecule has 0 spiro atoms. The molecule has 0 aromatic carbocycles. The molecule has 1 atom stereocenters. The summed E-state index contributed by atoms with van der Waals surface area (Å²) < 4.78 is 13.4. The van der Waals surface area contributed by atoms with Gasteiger partial charge < -0.3 is 5.73 Å². The average molecular weight is 250 g/mol. The van der Waals surface area contributed by atoms with Crippen LogP contribution < -0.4 is 5.73 Å². The van der Waals surface area contributed by atoms with E-state index in [0.29, 0.717) is 23.1 Å². The summed E-state index contributed by atoms with van der Waals surface area (Å²) in [6, 6.07) is 0. The zero-order chi connectivity index (χ0) is 11.4. The third-order valence-electron chi connectivity index (χ3n) is 2.10. The van der Waals surface area contributed by atoms with E-state index in [-0.39, 0.29) is 0 Å². The van der Waals surface area contributed by atoms with E-state index in [2.05, 4.69) is 5.10 Å². The number of rotatable bonds is 5. The first-order valence-corrected chi connectivity index (χ1v) is 6.73. The normalized spacial score (nSPS) is 13.1. The molecule has 15 heavy (non-hydrogen) atoms. The van der Waals surface area contributed by atoms with E-state index in [0.717, 1.165) is 17.9 Å². The number of hydrogen-bond donors (Lipinski definition) is 1. The van der Waals surface area contributed by atoms with E-state index in [1.54, 1.807) is 4.68 Å². The van der Waals surface area contributed by atoms with Gasteiger partial charge in [-0.1, -0.05) is 11.6 Å². The summed E-state index contributed by atoms with van der Waals surface area (Å²) in [7, 11) is -0.950. The van der Waals surface area contributed by atoms with Gasteiger partial charge in [0.25, 0.3) is 0 Å². The molecule has 86 valence electrons. The molecule has 1 aromatic rings. The van der Waals surface area contributed by atoms with Crippen molar-refractivity contribution in [2.45, 2.75) is 26.1 Å². The maximum atomic E-state index is 11.6. The number of nitrogens with two attached hydrogens (primary N) is 1. The lowest BCUT2D eigenvalue weighted by molar-refractivity contribution is 0.627. The van der Waals surface area contributed by atoms with E-state index >= 15 is 0 Å². The zero-order valence-corrected chi connectivity index (χ0v) is 10.6. The molecule has 0 aliphatic heterocycles. The Balaban J connectivity index is 2.87. The van der Waals surface area contributed by atoms with Crippen LogP contribution in [-0.4, -0.2) is 26.3 Å². The smallest absolute Gasteiger partial charge is 0.0856 e. The minimum atomic E-state index is -0.950. The molecule has 0 saturated heterocycles. The summed E-state index contributed by atoms with van der Waals surface area (Å²) in [6.45, 7) is 5.01. The largest absolute Gasteiger partial charge is 0.330 e. The van der Waals surface area contributed by atoms with E-state index in [1.165, 1.54) is 0 Å². The van der Waals surface area contributed by atoms with Crippen LogP contribution in [0.3, 0.4) is 0 Å². The fourth-order valence-electron chi connectivity index (χ4n) is 1.36. The lowest BCUT2D eigenvalue weighted by Crippen LogP contribution is -2.14. The molecule has 0 radical (unpaired) electrons. The van der Waals surface area contributed by atoms with Crippen molar-refractivity contribution in [1.82, 2.24) is 9.78 Å². The summed E-state index contributed by atoms with van der Waals surface area (Å²) in [5.41, 5.74) is 6.99. The van der Waals surface area contributed by atoms with Gasteiger partial charge in [-0.05, 0) is 13.8 Å². The quantitative estimate of drug-likeness (QED) is 0.849. The van der Waals surface area contributed by atoms with Gasteiger partial charge in [-0.15, -0.1) is 0 Å². The van der Waals surface area contributed by atoms with E-state index in [4.69, 9.17) is 17.3 Å². The molecule has 1 rings (SSSR count). The minimum absolute atomic E-state index is 0.434. The van der Waals surface area contributed by atoms with Gasteiger partial charge in [0.1, 0.15) is 0 Å². The Morgan fingerprint density at radius 3 is 2.80 bits per heavy atom. The first kappa shape index (κ1) is 12.7. The molecule has 1 aromatic heterocycles. The maximum Gasteiger partial charge on any atom is 0.0856 e. The Labute approximate surface area is 97.2 Å². The van der Waals surface area contributed by atoms with Crippen LogP contribution in [-0.2, 0) is 23.1 Å². The highest BCUT2D eigenvalue weighted by atomic mass is 35.5. The topological polar surface area (TPSA) is 60.9 Å². The van der Waals surface area contributed by atoms with Gasteiger partial charge in [-0.3, -0.25) is 8.89 Å². The van der Waals surface area contributed by atoms with Crippen LogP contribution in [0, 0.1) is 6.92 Å². The van der Waals surface area contributed by atoms with Crippen molar-refractivity contribution in [1.29, 1.82) is 0 Å². The van der Waals surface area contributed by atoms with Crippen LogP contribution in [0.15, 0.2) is 0 Å². The second-order valence-corrected chi connectivity index (χ2v) is 5.19. The molecule has 0 amide bonds. The molecule has 2 N–H and O–H groups in total. The van der Waals surface area contributed by atoms with Crippen LogP contribution >= 0.6 is 11.6 Å². The van der Waals surface area contributed by atoms with Gasteiger partial charge in [-0.2, -0.15) is 5.10 Å². The fraction of sp³-hybridized carbons (Fsp3) is 0.667. The number of hydrogen-bond acceptors (Lipinski definition) is 3. The lowest BCUT2D eigenvalue weighted by atomic mass is 10.4. The van der Waals surface area contributed by atoms with Crippen LogP contribution in [0.2, 0.25) is 5.02 Å². The fourth-order valence-corrected chi connectivity index (χ4v) is 2.65. The monoisotopic (exact) mass is 249 g/mol. The van der Waals surface area contributed by atoms with Crippen molar-refractivity contribution in [2.75, 3.05) is 12.3 Å². The summed E-state index contributed by atoms with van der Waals surface area (Å²) in [6.07, 6.45) is 0. The summed E-state index contributed by atoms with van der Waals surface area (Å²) in [5, 5.41) is 4.89. The lowest BCUT2D eigenvalue weighted by Gasteiger charge is -2.04. The van der Waals surface area contributed by atoms with E-state index < -0.39 is 10.8 Å². The second-order valence-electron chi connectivity index (χ2n) is 3.24. The van der Waals surface area contributed by atoms with Crippen LogP contribution in [0.1, 0.15) is 18.3 Å². The Kier molecular flexibility index (Phi) is 4.76. The molecule has 6 heteroatoms. The van der Waals surface area contributed by atoms with Gasteiger partial charge in [0.15, 0.2) is 0 Å².